The molecule has 0 spiro atoms. The second kappa shape index (κ2) is 6.10. The third-order valence-corrected chi connectivity index (χ3v) is 4.00. The zero-order valence-electron chi connectivity index (χ0n) is 12.1. The molecule has 0 aromatic heterocycles. The van der Waals surface area contributed by atoms with E-state index in [1.807, 2.05) is 12.1 Å². The molecule has 0 heterocycles. The molecule has 3 nitrogen and oxygen atoms in total. The fourth-order valence-electron chi connectivity index (χ4n) is 2.88. The smallest absolute Gasteiger partial charge is 0.245 e. The minimum absolute atomic E-state index is 0.0732. The zero-order valence-corrected chi connectivity index (χ0v) is 12.1. The third-order valence-electron chi connectivity index (χ3n) is 4.00. The van der Waals surface area contributed by atoms with E-state index in [2.05, 4.69) is 41.7 Å². The molecule has 0 aliphatic heterocycles. The topological polar surface area (TPSA) is 38.3 Å². The molecule has 21 heavy (non-hydrogen) atoms. The number of likely N-dealkylation sites (N-methyl/N-ethyl adjacent to an activating group) is 1. The fraction of sp³-hybridized carbons (Fsp3) is 0.278. The number of benzene rings is 2. The van der Waals surface area contributed by atoms with Gasteiger partial charge in [-0.2, -0.15) is 0 Å². The number of hydrogen-bond donors (Lipinski definition) is 1. The third kappa shape index (κ3) is 2.83. The van der Waals surface area contributed by atoms with E-state index >= 15 is 0 Å². The predicted molar refractivity (Wildman–Crippen MR) is 82.2 cm³/mol. The largest absolute Gasteiger partial charge is 0.359 e. The van der Waals surface area contributed by atoms with Gasteiger partial charge >= 0.3 is 0 Å². The van der Waals surface area contributed by atoms with Crippen LogP contribution in [0.3, 0.4) is 0 Å². The highest BCUT2D eigenvalue weighted by atomic mass is 16.5. The van der Waals surface area contributed by atoms with Gasteiger partial charge in [0.05, 0.1) is 0 Å². The lowest BCUT2D eigenvalue weighted by Crippen LogP contribution is -2.25. The van der Waals surface area contributed by atoms with E-state index in [0.29, 0.717) is 0 Å². The summed E-state index contributed by atoms with van der Waals surface area (Å²) >= 11 is 0. The molecular formula is C18H19NO2. The van der Waals surface area contributed by atoms with Crippen LogP contribution in [0.25, 0.3) is 0 Å². The summed E-state index contributed by atoms with van der Waals surface area (Å²) in [6.45, 7) is 0.0732. The first kappa shape index (κ1) is 13.8. The number of aryl methyl sites for hydroxylation is 2. The number of ether oxygens (including phenoxy) is 1. The van der Waals surface area contributed by atoms with Crippen molar-refractivity contribution >= 4 is 5.91 Å². The average molecular weight is 281 g/mol. The summed E-state index contributed by atoms with van der Waals surface area (Å²) in [7, 11) is 1.63. The van der Waals surface area contributed by atoms with Crippen molar-refractivity contribution in [3.63, 3.8) is 0 Å². The summed E-state index contributed by atoms with van der Waals surface area (Å²) in [4.78, 5) is 11.5. The minimum atomic E-state index is -0.169. The van der Waals surface area contributed by atoms with Crippen LogP contribution in [-0.2, 0) is 22.4 Å². The molecule has 108 valence electrons. The van der Waals surface area contributed by atoms with Crippen molar-refractivity contribution in [2.75, 3.05) is 13.7 Å². The van der Waals surface area contributed by atoms with Crippen molar-refractivity contribution in [1.29, 1.82) is 0 Å². The molecule has 0 saturated heterocycles. The van der Waals surface area contributed by atoms with Crippen LogP contribution in [0.5, 0.6) is 0 Å². The maximum absolute atomic E-state index is 11.5. The second-order valence-corrected chi connectivity index (χ2v) is 5.26. The van der Waals surface area contributed by atoms with Gasteiger partial charge in [-0.25, -0.2) is 0 Å². The molecule has 2 aromatic carbocycles. The highest BCUT2D eigenvalue weighted by Crippen LogP contribution is 2.34. The van der Waals surface area contributed by atoms with Gasteiger partial charge in [0.2, 0.25) is 5.91 Å². The molecule has 2 aromatic rings. The number of fused-ring (bicyclic) bond motifs is 2. The average Bonchev–Trinajstić information content (AvgIpc) is 2.69. The first-order valence-corrected chi connectivity index (χ1v) is 7.27. The van der Waals surface area contributed by atoms with Crippen molar-refractivity contribution < 1.29 is 9.53 Å². The van der Waals surface area contributed by atoms with Crippen LogP contribution in [0.2, 0.25) is 0 Å². The van der Waals surface area contributed by atoms with E-state index in [0.717, 1.165) is 12.8 Å². The van der Waals surface area contributed by atoms with E-state index in [1.165, 1.54) is 22.3 Å². The molecule has 0 radical (unpaired) electrons. The molecular weight excluding hydrogens is 262 g/mol. The summed E-state index contributed by atoms with van der Waals surface area (Å²) in [5.41, 5.74) is 4.95. The van der Waals surface area contributed by atoms with Gasteiger partial charge in [0.25, 0.3) is 0 Å². The predicted octanol–water partition coefficient (Wildman–Crippen LogP) is 2.64. The van der Waals surface area contributed by atoms with Gasteiger partial charge in [-0.3, -0.25) is 4.79 Å². The van der Waals surface area contributed by atoms with Gasteiger partial charge < -0.3 is 10.1 Å². The normalized spacial score (nSPS) is 14.0. The SMILES string of the molecule is CNC(=O)COC1c2ccccc2CCc2ccccc21. The number of amides is 1. The van der Waals surface area contributed by atoms with Crippen molar-refractivity contribution in [3.8, 4) is 0 Å². The first-order valence-electron chi connectivity index (χ1n) is 7.27. The Hall–Kier alpha value is -2.13. The monoisotopic (exact) mass is 281 g/mol. The Labute approximate surface area is 124 Å². The van der Waals surface area contributed by atoms with Gasteiger partial charge in [0.15, 0.2) is 0 Å². The van der Waals surface area contributed by atoms with Gasteiger partial charge in [0, 0.05) is 7.05 Å². The molecule has 3 heteroatoms. The lowest BCUT2D eigenvalue weighted by Gasteiger charge is -2.20. The van der Waals surface area contributed by atoms with Gasteiger partial charge in [-0.15, -0.1) is 0 Å². The summed E-state index contributed by atoms with van der Waals surface area (Å²) in [5.74, 6) is -0.103. The summed E-state index contributed by atoms with van der Waals surface area (Å²) in [6.07, 6.45) is 1.84. The van der Waals surface area contributed by atoms with Crippen LogP contribution < -0.4 is 5.32 Å². The highest BCUT2D eigenvalue weighted by Gasteiger charge is 2.24. The quantitative estimate of drug-likeness (QED) is 0.939. The summed E-state index contributed by atoms with van der Waals surface area (Å²) in [5, 5.41) is 2.60. The zero-order chi connectivity index (χ0) is 14.7. The molecule has 1 aliphatic rings. The van der Waals surface area contributed by atoms with E-state index < -0.39 is 0 Å². The maximum atomic E-state index is 11.5. The molecule has 0 unspecified atom stereocenters. The number of carbonyl (C=O) groups excluding carboxylic acids is 1. The van der Waals surface area contributed by atoms with E-state index in [1.54, 1.807) is 7.05 Å². The Morgan fingerprint density at radius 2 is 1.57 bits per heavy atom. The van der Waals surface area contributed by atoms with Gasteiger partial charge in [-0.05, 0) is 35.1 Å². The lowest BCUT2D eigenvalue weighted by atomic mass is 9.97. The Balaban J connectivity index is 2.00. The fourth-order valence-corrected chi connectivity index (χ4v) is 2.88. The van der Waals surface area contributed by atoms with E-state index in [4.69, 9.17) is 4.74 Å². The van der Waals surface area contributed by atoms with Crippen LogP contribution in [-0.4, -0.2) is 19.6 Å². The van der Waals surface area contributed by atoms with Gasteiger partial charge in [-0.1, -0.05) is 48.5 Å². The molecule has 0 fully saturated rings. The van der Waals surface area contributed by atoms with E-state index in [9.17, 15) is 4.79 Å². The van der Waals surface area contributed by atoms with Crippen LogP contribution in [0.15, 0.2) is 48.5 Å². The van der Waals surface area contributed by atoms with Crippen LogP contribution in [0.1, 0.15) is 28.4 Å². The number of rotatable bonds is 3. The Morgan fingerprint density at radius 1 is 1.05 bits per heavy atom. The Morgan fingerprint density at radius 3 is 2.10 bits per heavy atom. The summed E-state index contributed by atoms with van der Waals surface area (Å²) in [6, 6.07) is 16.7. The van der Waals surface area contributed by atoms with Crippen LogP contribution in [0, 0.1) is 0 Å². The highest BCUT2D eigenvalue weighted by molar-refractivity contribution is 5.76. The standard InChI is InChI=1S/C18H19NO2/c1-19-17(20)12-21-18-15-8-4-2-6-13(15)10-11-14-7-3-5-9-16(14)18/h2-9,18H,10-12H2,1H3,(H,19,20). The van der Waals surface area contributed by atoms with Crippen molar-refractivity contribution in [1.82, 2.24) is 5.32 Å². The molecule has 1 N–H and O–H groups in total. The Bertz CT molecular complexity index is 604. The molecule has 1 aliphatic carbocycles. The van der Waals surface area contributed by atoms with Gasteiger partial charge in [0.1, 0.15) is 12.7 Å². The Kier molecular flexibility index (Phi) is 4.02. The molecule has 0 saturated carbocycles. The number of hydrogen-bond acceptors (Lipinski definition) is 2. The van der Waals surface area contributed by atoms with Crippen molar-refractivity contribution in [3.05, 3.63) is 70.8 Å². The first-order chi connectivity index (χ1) is 10.3. The lowest BCUT2D eigenvalue weighted by molar-refractivity contribution is -0.126. The van der Waals surface area contributed by atoms with Crippen molar-refractivity contribution in [2.45, 2.75) is 18.9 Å². The molecule has 3 rings (SSSR count). The number of nitrogens with one attached hydrogen (secondary N) is 1. The second-order valence-electron chi connectivity index (χ2n) is 5.26. The van der Waals surface area contributed by atoms with Crippen molar-refractivity contribution in [2.24, 2.45) is 0 Å². The van der Waals surface area contributed by atoms with E-state index in [-0.39, 0.29) is 18.6 Å². The summed E-state index contributed by atoms with van der Waals surface area (Å²) < 4.78 is 5.96. The number of carbonyl (C=O) groups is 1. The molecule has 1 amide bonds. The maximum Gasteiger partial charge on any atom is 0.245 e. The molecule has 0 atom stereocenters. The minimum Gasteiger partial charge on any atom is -0.359 e. The molecule has 0 bridgehead atoms. The van der Waals surface area contributed by atoms with Crippen LogP contribution in [0.4, 0.5) is 0 Å². The van der Waals surface area contributed by atoms with Crippen LogP contribution >= 0.6 is 0 Å².